The van der Waals surface area contributed by atoms with Crippen LogP contribution in [-0.2, 0) is 5.41 Å². The Labute approximate surface area is 136 Å². The zero-order valence-electron chi connectivity index (χ0n) is 12.8. The lowest BCUT2D eigenvalue weighted by molar-refractivity contribution is 0.100. The normalized spacial score (nSPS) is 17.2. The molecule has 24 heavy (non-hydrogen) atoms. The Morgan fingerprint density at radius 1 is 1.42 bits per heavy atom. The number of hydrogen-bond donors (Lipinski definition) is 3. The summed E-state index contributed by atoms with van der Waals surface area (Å²) in [4.78, 5) is 16.1. The molecule has 4 rings (SSSR count). The summed E-state index contributed by atoms with van der Waals surface area (Å²) in [6.45, 7) is 1.48. The van der Waals surface area contributed by atoms with Gasteiger partial charge in [0.15, 0.2) is 5.65 Å². The van der Waals surface area contributed by atoms with Crippen molar-refractivity contribution >= 4 is 22.6 Å². The van der Waals surface area contributed by atoms with E-state index in [-0.39, 0.29) is 5.56 Å². The number of carbonyl (C=O) groups excluding carboxylic acids is 1. The van der Waals surface area contributed by atoms with Gasteiger partial charge in [0.2, 0.25) is 0 Å². The number of aromatic amines is 1. The number of rotatable bonds is 2. The summed E-state index contributed by atoms with van der Waals surface area (Å²) in [6.07, 6.45) is 3.07. The lowest BCUT2D eigenvalue weighted by atomic mass is 9.75. The zero-order chi connectivity index (χ0) is 16.9. The van der Waals surface area contributed by atoms with Gasteiger partial charge in [0.1, 0.15) is 11.3 Å². The van der Waals surface area contributed by atoms with Gasteiger partial charge < -0.3 is 11.1 Å². The molecule has 2 aromatic heterocycles. The number of hydrogen-bond acceptors (Lipinski definition) is 4. The summed E-state index contributed by atoms with van der Waals surface area (Å²) < 4.78 is 15.4. The molecule has 1 fully saturated rings. The average molecular weight is 326 g/mol. The molecule has 0 aliphatic carbocycles. The first-order valence-electron chi connectivity index (χ1n) is 7.67. The fraction of sp³-hybridized carbons (Fsp3) is 0.312. The Kier molecular flexibility index (Phi) is 3.08. The highest BCUT2D eigenvalue weighted by Crippen LogP contribution is 2.36. The van der Waals surface area contributed by atoms with Crippen molar-refractivity contribution in [3.8, 4) is 6.07 Å². The number of aromatic nitrogens is 3. The number of imidazole rings is 1. The van der Waals surface area contributed by atoms with Crippen molar-refractivity contribution in [3.63, 3.8) is 0 Å². The second-order valence-electron chi connectivity index (χ2n) is 6.09. The number of fused-ring (bicyclic) bond motifs is 3. The second-order valence-corrected chi connectivity index (χ2v) is 6.09. The third-order valence-electron chi connectivity index (χ3n) is 4.75. The smallest absolute Gasteiger partial charge is 0.251 e. The maximum absolute atomic E-state index is 13.8. The van der Waals surface area contributed by atoms with Crippen LogP contribution < -0.4 is 11.1 Å². The number of H-pyrrole nitrogens is 1. The standard InChI is InChI=1S/C16H15FN6O/c17-9-5-10(14(19)24)13-12(6-9)22-15-11(7-21-23(13)15)16(8-18)1-3-20-4-2-16/h5-7,20-21H,1-4H2,(H2,19,24). The topological polar surface area (TPSA) is 112 Å². The van der Waals surface area contributed by atoms with Gasteiger partial charge in [-0.05, 0) is 32.0 Å². The Bertz CT molecular complexity index is 1010. The highest BCUT2D eigenvalue weighted by Gasteiger charge is 2.37. The molecular weight excluding hydrogens is 311 g/mol. The molecule has 7 nitrogen and oxygen atoms in total. The number of nitrogens with one attached hydrogen (secondary N) is 2. The molecule has 0 bridgehead atoms. The lowest BCUT2D eigenvalue weighted by Gasteiger charge is -2.30. The average Bonchev–Trinajstić information content (AvgIpc) is 3.13. The fourth-order valence-electron chi connectivity index (χ4n) is 3.51. The van der Waals surface area contributed by atoms with Crippen LogP contribution in [0.25, 0.3) is 16.7 Å². The van der Waals surface area contributed by atoms with Crippen molar-refractivity contribution in [1.29, 1.82) is 5.26 Å². The zero-order valence-corrected chi connectivity index (χ0v) is 12.8. The predicted octanol–water partition coefficient (Wildman–Crippen LogP) is 1.20. The predicted molar refractivity (Wildman–Crippen MR) is 84.9 cm³/mol. The number of nitrogens with zero attached hydrogens (tertiary/aromatic N) is 3. The molecule has 0 spiro atoms. The third kappa shape index (κ3) is 1.91. The summed E-state index contributed by atoms with van der Waals surface area (Å²) in [6, 6.07) is 4.78. The van der Waals surface area contributed by atoms with E-state index in [0.717, 1.165) is 24.7 Å². The molecule has 3 aromatic rings. The largest absolute Gasteiger partial charge is 0.366 e. The molecule has 1 aliphatic rings. The van der Waals surface area contributed by atoms with E-state index >= 15 is 0 Å². The molecule has 0 saturated carbocycles. The van der Waals surface area contributed by atoms with Crippen molar-refractivity contribution < 1.29 is 9.18 Å². The number of nitriles is 1. The van der Waals surface area contributed by atoms with Gasteiger partial charge in [-0.1, -0.05) is 0 Å². The van der Waals surface area contributed by atoms with Gasteiger partial charge in [0.05, 0.1) is 22.6 Å². The molecular formula is C16H15FN6O. The van der Waals surface area contributed by atoms with E-state index in [1.807, 2.05) is 0 Å². The Balaban J connectivity index is 2.03. The summed E-state index contributed by atoms with van der Waals surface area (Å²) in [5, 5.41) is 16.0. The van der Waals surface area contributed by atoms with Crippen LogP contribution in [0.1, 0.15) is 28.8 Å². The quantitative estimate of drug-likeness (QED) is 0.657. The van der Waals surface area contributed by atoms with Crippen LogP contribution in [0.5, 0.6) is 0 Å². The van der Waals surface area contributed by atoms with Crippen molar-refractivity contribution in [2.45, 2.75) is 18.3 Å². The lowest BCUT2D eigenvalue weighted by Crippen LogP contribution is -2.38. The van der Waals surface area contributed by atoms with Crippen LogP contribution in [0.15, 0.2) is 18.3 Å². The first-order chi connectivity index (χ1) is 11.6. The van der Waals surface area contributed by atoms with Crippen LogP contribution in [0, 0.1) is 17.1 Å². The third-order valence-corrected chi connectivity index (χ3v) is 4.75. The molecule has 122 valence electrons. The van der Waals surface area contributed by atoms with Gasteiger partial charge >= 0.3 is 0 Å². The van der Waals surface area contributed by atoms with Gasteiger partial charge in [-0.15, -0.1) is 0 Å². The molecule has 4 N–H and O–H groups in total. The molecule has 0 radical (unpaired) electrons. The number of halogens is 1. The van der Waals surface area contributed by atoms with Crippen LogP contribution in [0.4, 0.5) is 4.39 Å². The monoisotopic (exact) mass is 326 g/mol. The van der Waals surface area contributed by atoms with Gasteiger partial charge in [-0.2, -0.15) is 5.26 Å². The van der Waals surface area contributed by atoms with E-state index in [0.29, 0.717) is 29.5 Å². The van der Waals surface area contributed by atoms with E-state index in [9.17, 15) is 14.4 Å². The number of piperidine rings is 1. The highest BCUT2D eigenvalue weighted by molar-refractivity contribution is 6.05. The van der Waals surface area contributed by atoms with Crippen LogP contribution in [0.2, 0.25) is 0 Å². The van der Waals surface area contributed by atoms with E-state index in [4.69, 9.17) is 5.73 Å². The van der Waals surface area contributed by atoms with Crippen LogP contribution >= 0.6 is 0 Å². The summed E-state index contributed by atoms with van der Waals surface area (Å²) in [5.41, 5.74) is 6.83. The minimum absolute atomic E-state index is 0.0576. The van der Waals surface area contributed by atoms with E-state index in [1.165, 1.54) is 6.07 Å². The van der Waals surface area contributed by atoms with Crippen molar-refractivity contribution in [1.82, 2.24) is 19.9 Å². The maximum Gasteiger partial charge on any atom is 0.251 e. The first-order valence-corrected chi connectivity index (χ1v) is 7.67. The minimum Gasteiger partial charge on any atom is -0.366 e. The molecule has 3 heterocycles. The molecule has 0 atom stereocenters. The molecule has 0 unspecified atom stereocenters. The van der Waals surface area contributed by atoms with Crippen molar-refractivity contribution in [2.75, 3.05) is 13.1 Å². The maximum atomic E-state index is 13.8. The van der Waals surface area contributed by atoms with E-state index in [1.54, 1.807) is 10.7 Å². The molecule has 1 aliphatic heterocycles. The van der Waals surface area contributed by atoms with Crippen LogP contribution in [-0.4, -0.2) is 33.6 Å². The van der Waals surface area contributed by atoms with Crippen molar-refractivity contribution in [2.24, 2.45) is 5.73 Å². The Morgan fingerprint density at radius 2 is 2.17 bits per heavy atom. The number of carbonyl (C=O) groups is 1. The van der Waals surface area contributed by atoms with Gasteiger partial charge in [0.25, 0.3) is 5.91 Å². The number of primary amides is 1. The summed E-state index contributed by atoms with van der Waals surface area (Å²) >= 11 is 0. The Hall–Kier alpha value is -2.92. The molecule has 1 saturated heterocycles. The molecule has 1 aromatic carbocycles. The SMILES string of the molecule is N#CC1(c2c[nH]n3c2nc2cc(F)cc(C(N)=O)c23)CCNCC1. The van der Waals surface area contributed by atoms with E-state index < -0.39 is 17.1 Å². The van der Waals surface area contributed by atoms with Crippen LogP contribution in [0.3, 0.4) is 0 Å². The first kappa shape index (κ1) is 14.7. The highest BCUT2D eigenvalue weighted by atomic mass is 19.1. The molecule has 1 amide bonds. The van der Waals surface area contributed by atoms with E-state index in [2.05, 4.69) is 21.5 Å². The second kappa shape index (κ2) is 5.04. The molecule has 8 heteroatoms. The van der Waals surface area contributed by atoms with Crippen molar-refractivity contribution in [3.05, 3.63) is 35.3 Å². The fourth-order valence-corrected chi connectivity index (χ4v) is 3.51. The van der Waals surface area contributed by atoms with Gasteiger partial charge in [0, 0.05) is 17.8 Å². The minimum atomic E-state index is -0.727. The van der Waals surface area contributed by atoms with Gasteiger partial charge in [-0.3, -0.25) is 9.89 Å². The van der Waals surface area contributed by atoms with Gasteiger partial charge in [-0.25, -0.2) is 13.9 Å². The summed E-state index contributed by atoms with van der Waals surface area (Å²) in [5.74, 6) is -1.30. The number of nitrogens with two attached hydrogens (primary N) is 1. The number of amides is 1. The Morgan fingerprint density at radius 3 is 2.83 bits per heavy atom. The summed E-state index contributed by atoms with van der Waals surface area (Å²) in [7, 11) is 0. The number of benzene rings is 1.